The first-order valence-corrected chi connectivity index (χ1v) is 8.38. The van der Waals surface area contributed by atoms with E-state index in [1.54, 1.807) is 0 Å². The van der Waals surface area contributed by atoms with Crippen LogP contribution in [0, 0.1) is 0 Å². The molecule has 120 valence electrons. The quantitative estimate of drug-likeness (QED) is 0.543. The predicted molar refractivity (Wildman–Crippen MR) is 84.9 cm³/mol. The zero-order valence-corrected chi connectivity index (χ0v) is 13.4. The topological polar surface area (TPSA) is 65.1 Å². The maximum atomic E-state index is 5.70. The SMILES string of the molecule is CCC(CC)n1ccc(CC(CCC2CCCO2)NN)n1. The van der Waals surface area contributed by atoms with Crippen LogP contribution in [0.3, 0.4) is 0 Å². The van der Waals surface area contributed by atoms with Gasteiger partial charge in [-0.2, -0.15) is 5.10 Å². The standard InChI is InChI=1S/C16H30N4O/c1-3-15(4-2)20-10-9-14(19-20)12-13(18-17)7-8-16-6-5-11-21-16/h9-10,13,15-16,18H,3-8,11-12,17H2,1-2H3. The monoisotopic (exact) mass is 294 g/mol. The first-order valence-electron chi connectivity index (χ1n) is 8.38. The van der Waals surface area contributed by atoms with Crippen LogP contribution in [0.5, 0.6) is 0 Å². The lowest BCUT2D eigenvalue weighted by Crippen LogP contribution is -2.37. The van der Waals surface area contributed by atoms with Crippen LogP contribution in [0.15, 0.2) is 12.3 Å². The molecule has 0 spiro atoms. The van der Waals surface area contributed by atoms with Crippen molar-refractivity contribution >= 4 is 0 Å². The molecule has 5 heteroatoms. The molecule has 1 aromatic rings. The van der Waals surface area contributed by atoms with Gasteiger partial charge in [-0.05, 0) is 44.6 Å². The molecule has 1 fully saturated rings. The van der Waals surface area contributed by atoms with Crippen molar-refractivity contribution < 1.29 is 4.74 Å². The summed E-state index contributed by atoms with van der Waals surface area (Å²) < 4.78 is 7.77. The smallest absolute Gasteiger partial charge is 0.0640 e. The van der Waals surface area contributed by atoms with E-state index in [0.29, 0.717) is 12.1 Å². The molecular formula is C16H30N4O. The van der Waals surface area contributed by atoms with E-state index in [1.165, 1.54) is 12.8 Å². The molecule has 2 heterocycles. The summed E-state index contributed by atoms with van der Waals surface area (Å²) >= 11 is 0. The number of nitrogens with two attached hydrogens (primary N) is 1. The first-order chi connectivity index (χ1) is 10.3. The molecule has 21 heavy (non-hydrogen) atoms. The van der Waals surface area contributed by atoms with Crippen molar-refractivity contribution in [2.75, 3.05) is 6.61 Å². The van der Waals surface area contributed by atoms with Crippen LogP contribution < -0.4 is 11.3 Å². The number of ether oxygens (including phenoxy) is 1. The number of rotatable bonds is 9. The van der Waals surface area contributed by atoms with E-state index in [-0.39, 0.29) is 6.04 Å². The van der Waals surface area contributed by atoms with Gasteiger partial charge < -0.3 is 4.74 Å². The molecule has 1 aliphatic rings. The van der Waals surface area contributed by atoms with Crippen LogP contribution >= 0.6 is 0 Å². The van der Waals surface area contributed by atoms with Crippen molar-refractivity contribution in [3.05, 3.63) is 18.0 Å². The summed E-state index contributed by atoms with van der Waals surface area (Å²) in [5, 5.41) is 4.71. The molecule has 0 bridgehead atoms. The number of hydrogen-bond acceptors (Lipinski definition) is 4. The molecular weight excluding hydrogens is 264 g/mol. The summed E-state index contributed by atoms with van der Waals surface area (Å²) in [6.07, 6.45) is 10.2. The fraction of sp³-hybridized carbons (Fsp3) is 0.812. The largest absolute Gasteiger partial charge is 0.378 e. The molecule has 0 saturated carbocycles. The Balaban J connectivity index is 1.83. The van der Waals surface area contributed by atoms with Gasteiger partial charge in [0.2, 0.25) is 0 Å². The van der Waals surface area contributed by atoms with E-state index < -0.39 is 0 Å². The van der Waals surface area contributed by atoms with Gasteiger partial charge in [-0.3, -0.25) is 16.0 Å². The Labute approximate surface area is 128 Å². The summed E-state index contributed by atoms with van der Waals surface area (Å²) in [7, 11) is 0. The third kappa shape index (κ3) is 4.80. The van der Waals surface area contributed by atoms with E-state index >= 15 is 0 Å². The lowest BCUT2D eigenvalue weighted by Gasteiger charge is -2.17. The highest BCUT2D eigenvalue weighted by molar-refractivity contribution is 5.02. The lowest BCUT2D eigenvalue weighted by molar-refractivity contribution is 0.0995. The molecule has 0 amide bonds. The summed E-state index contributed by atoms with van der Waals surface area (Å²) in [5.74, 6) is 5.70. The number of nitrogens with zero attached hydrogens (tertiary/aromatic N) is 2. The summed E-state index contributed by atoms with van der Waals surface area (Å²) in [6, 6.07) is 2.91. The number of aromatic nitrogens is 2. The van der Waals surface area contributed by atoms with Crippen LogP contribution in [0.25, 0.3) is 0 Å². The van der Waals surface area contributed by atoms with Gasteiger partial charge in [0.15, 0.2) is 0 Å². The number of hydrazine groups is 1. The molecule has 2 atom stereocenters. The summed E-state index contributed by atoms with van der Waals surface area (Å²) in [5.41, 5.74) is 4.06. The van der Waals surface area contributed by atoms with Crippen molar-refractivity contribution in [2.24, 2.45) is 5.84 Å². The van der Waals surface area contributed by atoms with E-state index in [0.717, 1.165) is 44.4 Å². The van der Waals surface area contributed by atoms with Gasteiger partial charge in [0, 0.05) is 25.3 Å². The van der Waals surface area contributed by atoms with Crippen molar-refractivity contribution in [1.29, 1.82) is 0 Å². The molecule has 2 rings (SSSR count). The minimum Gasteiger partial charge on any atom is -0.378 e. The minimum absolute atomic E-state index is 0.277. The molecule has 0 aromatic carbocycles. The van der Waals surface area contributed by atoms with Crippen LogP contribution in [-0.4, -0.2) is 28.5 Å². The van der Waals surface area contributed by atoms with Gasteiger partial charge in [0.25, 0.3) is 0 Å². The van der Waals surface area contributed by atoms with Gasteiger partial charge in [0.05, 0.1) is 17.8 Å². The van der Waals surface area contributed by atoms with E-state index in [4.69, 9.17) is 15.7 Å². The van der Waals surface area contributed by atoms with Crippen LogP contribution in [0.4, 0.5) is 0 Å². The Hall–Kier alpha value is -0.910. The molecule has 1 aromatic heterocycles. The van der Waals surface area contributed by atoms with E-state index in [2.05, 4.69) is 36.2 Å². The Kier molecular flexibility index (Phi) is 6.67. The molecule has 0 aliphatic carbocycles. The Morgan fingerprint density at radius 1 is 1.48 bits per heavy atom. The maximum absolute atomic E-state index is 5.70. The highest BCUT2D eigenvalue weighted by atomic mass is 16.5. The third-order valence-electron chi connectivity index (χ3n) is 4.53. The van der Waals surface area contributed by atoms with Gasteiger partial charge in [-0.25, -0.2) is 0 Å². The second-order valence-corrected chi connectivity index (χ2v) is 6.04. The van der Waals surface area contributed by atoms with E-state index in [9.17, 15) is 0 Å². The molecule has 1 saturated heterocycles. The maximum Gasteiger partial charge on any atom is 0.0640 e. The first kappa shape index (κ1) is 16.5. The van der Waals surface area contributed by atoms with Crippen LogP contribution in [0.1, 0.15) is 64.1 Å². The van der Waals surface area contributed by atoms with Gasteiger partial charge >= 0.3 is 0 Å². The molecule has 3 N–H and O–H groups in total. The van der Waals surface area contributed by atoms with Crippen molar-refractivity contribution in [3.8, 4) is 0 Å². The molecule has 0 radical (unpaired) electrons. The Bertz CT molecular complexity index is 397. The average molecular weight is 294 g/mol. The molecule has 5 nitrogen and oxygen atoms in total. The Morgan fingerprint density at radius 3 is 2.90 bits per heavy atom. The fourth-order valence-corrected chi connectivity index (χ4v) is 3.11. The second kappa shape index (κ2) is 8.51. The number of nitrogens with one attached hydrogen (secondary N) is 1. The normalized spacial score (nSPS) is 20.3. The lowest BCUT2D eigenvalue weighted by atomic mass is 10.0. The van der Waals surface area contributed by atoms with E-state index in [1.807, 2.05) is 0 Å². The Morgan fingerprint density at radius 2 is 2.29 bits per heavy atom. The van der Waals surface area contributed by atoms with Crippen molar-refractivity contribution in [3.63, 3.8) is 0 Å². The third-order valence-corrected chi connectivity index (χ3v) is 4.53. The highest BCUT2D eigenvalue weighted by Gasteiger charge is 2.18. The van der Waals surface area contributed by atoms with Gasteiger partial charge in [-0.15, -0.1) is 0 Å². The average Bonchev–Trinajstić information content (AvgIpc) is 3.16. The zero-order valence-electron chi connectivity index (χ0n) is 13.4. The predicted octanol–water partition coefficient (Wildman–Crippen LogP) is 2.58. The van der Waals surface area contributed by atoms with Gasteiger partial charge in [-0.1, -0.05) is 13.8 Å². The van der Waals surface area contributed by atoms with Gasteiger partial charge in [0.1, 0.15) is 0 Å². The summed E-state index contributed by atoms with van der Waals surface area (Å²) in [4.78, 5) is 0. The highest BCUT2D eigenvalue weighted by Crippen LogP contribution is 2.19. The van der Waals surface area contributed by atoms with Crippen LogP contribution in [0.2, 0.25) is 0 Å². The zero-order chi connectivity index (χ0) is 15.1. The van der Waals surface area contributed by atoms with Crippen molar-refractivity contribution in [1.82, 2.24) is 15.2 Å². The summed E-state index contributed by atoms with van der Waals surface area (Å²) in [6.45, 7) is 5.34. The van der Waals surface area contributed by atoms with Crippen molar-refractivity contribution in [2.45, 2.75) is 77.0 Å². The second-order valence-electron chi connectivity index (χ2n) is 6.04. The number of hydrogen-bond donors (Lipinski definition) is 2. The van der Waals surface area contributed by atoms with Crippen LogP contribution in [-0.2, 0) is 11.2 Å². The molecule has 2 unspecified atom stereocenters. The molecule has 1 aliphatic heterocycles. The minimum atomic E-state index is 0.277. The fourth-order valence-electron chi connectivity index (χ4n) is 3.11.